The Labute approximate surface area is 130 Å². The summed E-state index contributed by atoms with van der Waals surface area (Å²) in [5.74, 6) is -1.42. The van der Waals surface area contributed by atoms with Crippen molar-refractivity contribution in [2.45, 2.75) is 64.1 Å². The molecule has 1 aromatic carbocycles. The molecule has 0 aliphatic heterocycles. The van der Waals surface area contributed by atoms with Crippen molar-refractivity contribution in [3.05, 3.63) is 35.4 Å². The van der Waals surface area contributed by atoms with Crippen molar-refractivity contribution in [2.75, 3.05) is 0 Å². The standard InChI is InChI=1S/C17H24F2N2O/c1-2-6-16(20)17(22)21(12-7-3-4-8-12)11-13-14(18)9-5-10-15(13)19/h5,9-10,12,16H,2-4,6-8,11,20H2,1H3. The second-order valence-electron chi connectivity index (χ2n) is 6.00. The van der Waals surface area contributed by atoms with Crippen molar-refractivity contribution < 1.29 is 13.6 Å². The molecule has 1 aromatic rings. The van der Waals surface area contributed by atoms with Gasteiger partial charge in [-0.3, -0.25) is 4.79 Å². The maximum Gasteiger partial charge on any atom is 0.240 e. The molecule has 0 bridgehead atoms. The third-order valence-corrected chi connectivity index (χ3v) is 4.36. The molecule has 0 aromatic heterocycles. The maximum atomic E-state index is 13.9. The first kappa shape index (κ1) is 16.9. The Morgan fingerprint density at radius 3 is 2.45 bits per heavy atom. The van der Waals surface area contributed by atoms with E-state index in [1.54, 1.807) is 4.90 Å². The normalized spacial score (nSPS) is 16.7. The number of hydrogen-bond acceptors (Lipinski definition) is 2. The first-order chi connectivity index (χ1) is 10.5. The second-order valence-corrected chi connectivity index (χ2v) is 6.00. The lowest BCUT2D eigenvalue weighted by molar-refractivity contribution is -0.135. The van der Waals surface area contributed by atoms with Gasteiger partial charge in [0.2, 0.25) is 5.91 Å². The van der Waals surface area contributed by atoms with Crippen molar-refractivity contribution in [3.63, 3.8) is 0 Å². The van der Waals surface area contributed by atoms with E-state index in [1.165, 1.54) is 18.2 Å². The minimum Gasteiger partial charge on any atom is -0.334 e. The van der Waals surface area contributed by atoms with Crippen LogP contribution in [0.3, 0.4) is 0 Å². The highest BCUT2D eigenvalue weighted by atomic mass is 19.1. The summed E-state index contributed by atoms with van der Waals surface area (Å²) < 4.78 is 27.8. The zero-order chi connectivity index (χ0) is 16.1. The minimum atomic E-state index is -0.611. The molecule has 0 heterocycles. The Morgan fingerprint density at radius 1 is 1.32 bits per heavy atom. The Hall–Kier alpha value is -1.49. The van der Waals surface area contributed by atoms with Crippen molar-refractivity contribution in [1.29, 1.82) is 0 Å². The molecule has 1 atom stereocenters. The van der Waals surface area contributed by atoms with Gasteiger partial charge in [-0.15, -0.1) is 0 Å². The van der Waals surface area contributed by atoms with Gasteiger partial charge in [-0.2, -0.15) is 0 Å². The van der Waals surface area contributed by atoms with E-state index in [0.29, 0.717) is 6.42 Å². The molecule has 1 fully saturated rings. The smallest absolute Gasteiger partial charge is 0.240 e. The van der Waals surface area contributed by atoms with E-state index in [1.807, 2.05) is 6.92 Å². The van der Waals surface area contributed by atoms with E-state index in [9.17, 15) is 13.6 Å². The topological polar surface area (TPSA) is 46.3 Å². The lowest BCUT2D eigenvalue weighted by Gasteiger charge is -2.31. The molecule has 2 N–H and O–H groups in total. The summed E-state index contributed by atoms with van der Waals surface area (Å²) in [6.07, 6.45) is 5.22. The van der Waals surface area contributed by atoms with Gasteiger partial charge in [0.1, 0.15) is 11.6 Å². The number of carbonyl (C=O) groups excluding carboxylic acids is 1. The van der Waals surface area contributed by atoms with Gasteiger partial charge < -0.3 is 10.6 Å². The first-order valence-corrected chi connectivity index (χ1v) is 8.03. The molecule has 1 aliphatic carbocycles. The fourth-order valence-corrected chi connectivity index (χ4v) is 3.10. The van der Waals surface area contributed by atoms with Gasteiger partial charge in [0.25, 0.3) is 0 Å². The molecular weight excluding hydrogens is 286 g/mol. The Morgan fingerprint density at radius 2 is 1.91 bits per heavy atom. The summed E-state index contributed by atoms with van der Waals surface area (Å²) in [6.45, 7) is 1.92. The van der Waals surface area contributed by atoms with Crippen LogP contribution < -0.4 is 5.73 Å². The Bertz CT molecular complexity index is 495. The zero-order valence-electron chi connectivity index (χ0n) is 13.0. The number of hydrogen-bond donors (Lipinski definition) is 1. The van der Waals surface area contributed by atoms with Gasteiger partial charge in [0.15, 0.2) is 0 Å². The van der Waals surface area contributed by atoms with Crippen LogP contribution in [-0.2, 0) is 11.3 Å². The van der Waals surface area contributed by atoms with Crippen LogP contribution in [0, 0.1) is 11.6 Å². The van der Waals surface area contributed by atoms with E-state index in [0.717, 1.165) is 32.1 Å². The van der Waals surface area contributed by atoms with E-state index in [4.69, 9.17) is 5.73 Å². The van der Waals surface area contributed by atoms with Crippen molar-refractivity contribution in [2.24, 2.45) is 5.73 Å². The van der Waals surface area contributed by atoms with Crippen LogP contribution in [0.4, 0.5) is 8.78 Å². The number of amides is 1. The molecule has 0 spiro atoms. The zero-order valence-corrected chi connectivity index (χ0v) is 13.0. The summed E-state index contributed by atoms with van der Waals surface area (Å²) in [5.41, 5.74) is 5.90. The highest BCUT2D eigenvalue weighted by Gasteiger charge is 2.30. The SMILES string of the molecule is CCCC(N)C(=O)N(Cc1c(F)cccc1F)C1CCCC1. The molecule has 1 unspecified atom stereocenters. The van der Waals surface area contributed by atoms with Crippen LogP contribution in [0.15, 0.2) is 18.2 Å². The number of rotatable bonds is 6. The fraction of sp³-hybridized carbons (Fsp3) is 0.588. The van der Waals surface area contributed by atoms with Crippen LogP contribution in [0.1, 0.15) is 51.0 Å². The minimum absolute atomic E-state index is 0.0365. The average Bonchev–Trinajstić information content (AvgIpc) is 3.00. The number of nitrogens with zero attached hydrogens (tertiary/aromatic N) is 1. The molecule has 0 saturated heterocycles. The van der Waals surface area contributed by atoms with Crippen LogP contribution in [0.2, 0.25) is 0 Å². The Kier molecular flexibility index (Phi) is 5.89. The van der Waals surface area contributed by atoms with E-state index in [-0.39, 0.29) is 24.1 Å². The average molecular weight is 310 g/mol. The van der Waals surface area contributed by atoms with Crippen LogP contribution in [0.5, 0.6) is 0 Å². The van der Waals surface area contributed by atoms with Crippen LogP contribution in [0.25, 0.3) is 0 Å². The quantitative estimate of drug-likeness (QED) is 0.875. The van der Waals surface area contributed by atoms with Crippen LogP contribution in [-0.4, -0.2) is 22.9 Å². The molecule has 1 amide bonds. The van der Waals surface area contributed by atoms with Gasteiger partial charge >= 0.3 is 0 Å². The highest BCUT2D eigenvalue weighted by molar-refractivity contribution is 5.82. The van der Waals surface area contributed by atoms with Gasteiger partial charge in [-0.1, -0.05) is 32.3 Å². The molecule has 22 heavy (non-hydrogen) atoms. The first-order valence-electron chi connectivity index (χ1n) is 8.03. The Balaban J connectivity index is 2.22. The number of benzene rings is 1. The van der Waals surface area contributed by atoms with E-state index >= 15 is 0 Å². The lowest BCUT2D eigenvalue weighted by atomic mass is 10.1. The molecule has 3 nitrogen and oxygen atoms in total. The maximum absolute atomic E-state index is 13.9. The van der Waals surface area contributed by atoms with Gasteiger partial charge in [0.05, 0.1) is 12.6 Å². The number of carbonyl (C=O) groups is 1. The molecule has 0 radical (unpaired) electrons. The summed E-state index contributed by atoms with van der Waals surface area (Å²) >= 11 is 0. The van der Waals surface area contributed by atoms with E-state index in [2.05, 4.69) is 0 Å². The summed E-state index contributed by atoms with van der Waals surface area (Å²) in [6, 6.07) is 3.22. The van der Waals surface area contributed by atoms with Crippen molar-refractivity contribution in [3.8, 4) is 0 Å². The van der Waals surface area contributed by atoms with Crippen molar-refractivity contribution in [1.82, 2.24) is 4.90 Å². The third-order valence-electron chi connectivity index (χ3n) is 4.36. The molecule has 5 heteroatoms. The van der Waals surface area contributed by atoms with Crippen molar-refractivity contribution >= 4 is 5.91 Å². The lowest BCUT2D eigenvalue weighted by Crippen LogP contribution is -2.47. The monoisotopic (exact) mass is 310 g/mol. The number of halogens is 2. The molecule has 2 rings (SSSR count). The summed E-state index contributed by atoms with van der Waals surface area (Å²) in [5, 5.41) is 0. The molecular formula is C17H24F2N2O. The van der Waals surface area contributed by atoms with Gasteiger partial charge in [0, 0.05) is 11.6 Å². The molecule has 1 saturated carbocycles. The van der Waals surface area contributed by atoms with Gasteiger partial charge in [-0.25, -0.2) is 8.78 Å². The predicted octanol–water partition coefficient (Wildman–Crippen LogP) is 3.36. The molecule has 122 valence electrons. The summed E-state index contributed by atoms with van der Waals surface area (Å²) in [4.78, 5) is 14.2. The van der Waals surface area contributed by atoms with E-state index < -0.39 is 17.7 Å². The number of nitrogens with two attached hydrogens (primary N) is 1. The second kappa shape index (κ2) is 7.68. The van der Waals surface area contributed by atoms with Crippen LogP contribution >= 0.6 is 0 Å². The largest absolute Gasteiger partial charge is 0.334 e. The molecule has 1 aliphatic rings. The third kappa shape index (κ3) is 3.83. The summed E-state index contributed by atoms with van der Waals surface area (Å²) in [7, 11) is 0. The predicted molar refractivity (Wildman–Crippen MR) is 82.0 cm³/mol. The highest BCUT2D eigenvalue weighted by Crippen LogP contribution is 2.27. The fourth-order valence-electron chi connectivity index (χ4n) is 3.10. The van der Waals surface area contributed by atoms with Gasteiger partial charge in [-0.05, 0) is 31.4 Å².